The number of benzene rings is 2. The van der Waals surface area contributed by atoms with E-state index in [1.54, 1.807) is 55.3 Å². The minimum absolute atomic E-state index is 0.0855. The first-order valence-electron chi connectivity index (χ1n) is 8.25. The minimum Gasteiger partial charge on any atom is -0.349 e. The van der Waals surface area contributed by atoms with Crippen LogP contribution < -0.4 is 5.32 Å². The Labute approximate surface area is 147 Å². The quantitative estimate of drug-likeness (QED) is 0.873. The van der Waals surface area contributed by atoms with Crippen LogP contribution in [-0.4, -0.2) is 29.8 Å². The molecule has 0 heterocycles. The van der Waals surface area contributed by atoms with Gasteiger partial charge in [-0.3, -0.25) is 9.59 Å². The zero-order valence-electron chi connectivity index (χ0n) is 14.7. The van der Waals surface area contributed by atoms with Gasteiger partial charge in [0, 0.05) is 25.1 Å². The van der Waals surface area contributed by atoms with Crippen LogP contribution in [0, 0.1) is 5.82 Å². The van der Waals surface area contributed by atoms with E-state index in [2.05, 4.69) is 5.32 Å². The fourth-order valence-corrected chi connectivity index (χ4v) is 2.53. The number of rotatable bonds is 6. The number of carbonyl (C=O) groups excluding carboxylic acids is 2. The Kier molecular flexibility index (Phi) is 6.28. The van der Waals surface area contributed by atoms with Gasteiger partial charge < -0.3 is 10.2 Å². The monoisotopic (exact) mass is 342 g/mol. The van der Waals surface area contributed by atoms with Gasteiger partial charge in [0.25, 0.3) is 5.91 Å². The molecule has 1 N–H and O–H groups in total. The van der Waals surface area contributed by atoms with Gasteiger partial charge in [0.2, 0.25) is 5.91 Å². The number of nitrogens with zero attached hydrogens (tertiary/aromatic N) is 1. The highest BCUT2D eigenvalue weighted by atomic mass is 19.1. The molecule has 4 nitrogen and oxygen atoms in total. The van der Waals surface area contributed by atoms with Crippen molar-refractivity contribution in [3.05, 3.63) is 71.5 Å². The maximum Gasteiger partial charge on any atom is 0.251 e. The fourth-order valence-electron chi connectivity index (χ4n) is 2.53. The van der Waals surface area contributed by atoms with Crippen LogP contribution in [0.25, 0.3) is 0 Å². The zero-order chi connectivity index (χ0) is 18.4. The smallest absolute Gasteiger partial charge is 0.251 e. The Balaban J connectivity index is 1.91. The molecule has 0 radical (unpaired) electrons. The molecule has 5 heteroatoms. The van der Waals surface area contributed by atoms with Gasteiger partial charge in [0.15, 0.2) is 0 Å². The average Bonchev–Trinajstić information content (AvgIpc) is 2.61. The van der Waals surface area contributed by atoms with Gasteiger partial charge in [-0.25, -0.2) is 4.39 Å². The second kappa shape index (κ2) is 8.42. The number of hydrogen-bond donors (Lipinski definition) is 1. The summed E-state index contributed by atoms with van der Waals surface area (Å²) in [6.45, 7) is 3.69. The number of hydrogen-bond acceptors (Lipinski definition) is 2. The fraction of sp³-hybridized carbons (Fsp3) is 0.300. The maximum atomic E-state index is 13.0. The molecule has 0 aromatic heterocycles. The predicted molar refractivity (Wildman–Crippen MR) is 95.6 cm³/mol. The van der Waals surface area contributed by atoms with E-state index in [0.717, 1.165) is 5.56 Å². The first-order valence-corrected chi connectivity index (χ1v) is 8.25. The van der Waals surface area contributed by atoms with Crippen molar-refractivity contribution in [3.63, 3.8) is 0 Å². The number of nitrogens with one attached hydrogen (secondary N) is 1. The normalized spacial score (nSPS) is 13.0. The molecule has 0 spiro atoms. The Hall–Kier alpha value is -2.69. The molecular formula is C20H23FN2O2. The molecular weight excluding hydrogens is 319 g/mol. The summed E-state index contributed by atoms with van der Waals surface area (Å²) in [6, 6.07) is 14.5. The SMILES string of the molecule is CC(CC(=O)N(C)C(C)c1ccc(F)cc1)NC(=O)c1ccccc1. The Morgan fingerprint density at radius 1 is 1.04 bits per heavy atom. The summed E-state index contributed by atoms with van der Waals surface area (Å²) < 4.78 is 13.0. The second-order valence-corrected chi connectivity index (χ2v) is 6.18. The van der Waals surface area contributed by atoms with E-state index in [1.165, 1.54) is 12.1 Å². The maximum absolute atomic E-state index is 13.0. The molecule has 132 valence electrons. The third kappa shape index (κ3) is 5.14. The molecule has 2 aromatic rings. The van der Waals surface area contributed by atoms with Crippen LogP contribution in [0.2, 0.25) is 0 Å². The van der Waals surface area contributed by atoms with Crippen LogP contribution in [0.1, 0.15) is 42.2 Å². The van der Waals surface area contributed by atoms with Gasteiger partial charge in [-0.05, 0) is 43.7 Å². The van der Waals surface area contributed by atoms with E-state index in [0.29, 0.717) is 5.56 Å². The molecule has 0 saturated heterocycles. The Morgan fingerprint density at radius 3 is 2.24 bits per heavy atom. The highest BCUT2D eigenvalue weighted by molar-refractivity contribution is 5.94. The van der Waals surface area contributed by atoms with Crippen LogP contribution >= 0.6 is 0 Å². The minimum atomic E-state index is -0.304. The van der Waals surface area contributed by atoms with Crippen molar-refractivity contribution in [3.8, 4) is 0 Å². The van der Waals surface area contributed by atoms with E-state index >= 15 is 0 Å². The van der Waals surface area contributed by atoms with Crippen LogP contribution in [0.3, 0.4) is 0 Å². The topological polar surface area (TPSA) is 49.4 Å². The van der Waals surface area contributed by atoms with Gasteiger partial charge in [-0.2, -0.15) is 0 Å². The van der Waals surface area contributed by atoms with Crippen LogP contribution in [0.15, 0.2) is 54.6 Å². The molecule has 0 bridgehead atoms. The molecule has 0 aliphatic heterocycles. The van der Waals surface area contributed by atoms with Crippen molar-refractivity contribution < 1.29 is 14.0 Å². The van der Waals surface area contributed by atoms with E-state index < -0.39 is 0 Å². The van der Waals surface area contributed by atoms with Crippen molar-refractivity contribution in [2.75, 3.05) is 7.05 Å². The molecule has 0 fully saturated rings. The lowest BCUT2D eigenvalue weighted by atomic mass is 10.1. The van der Waals surface area contributed by atoms with Crippen molar-refractivity contribution in [1.82, 2.24) is 10.2 Å². The molecule has 2 amide bonds. The Morgan fingerprint density at radius 2 is 1.64 bits per heavy atom. The lowest BCUT2D eigenvalue weighted by Crippen LogP contribution is -2.38. The number of halogens is 1. The number of carbonyl (C=O) groups is 2. The number of amides is 2. The first-order chi connectivity index (χ1) is 11.9. The lowest BCUT2D eigenvalue weighted by Gasteiger charge is -2.27. The molecule has 2 rings (SSSR count). The summed E-state index contributed by atoms with van der Waals surface area (Å²) in [7, 11) is 1.71. The molecule has 0 aliphatic rings. The molecule has 0 saturated carbocycles. The molecule has 25 heavy (non-hydrogen) atoms. The van der Waals surface area contributed by atoms with Gasteiger partial charge in [0.05, 0.1) is 6.04 Å². The highest BCUT2D eigenvalue weighted by Gasteiger charge is 2.20. The van der Waals surface area contributed by atoms with Crippen LogP contribution in [0.4, 0.5) is 4.39 Å². The summed E-state index contributed by atoms with van der Waals surface area (Å²) in [5, 5.41) is 2.83. The molecule has 0 aliphatic carbocycles. The lowest BCUT2D eigenvalue weighted by molar-refractivity contribution is -0.132. The van der Waals surface area contributed by atoms with Crippen molar-refractivity contribution >= 4 is 11.8 Å². The second-order valence-electron chi connectivity index (χ2n) is 6.18. The van der Waals surface area contributed by atoms with Crippen molar-refractivity contribution in [1.29, 1.82) is 0 Å². The van der Waals surface area contributed by atoms with E-state index in [-0.39, 0.29) is 36.1 Å². The highest BCUT2D eigenvalue weighted by Crippen LogP contribution is 2.20. The van der Waals surface area contributed by atoms with E-state index in [4.69, 9.17) is 0 Å². The Bertz CT molecular complexity index is 716. The summed E-state index contributed by atoms with van der Waals surface area (Å²) in [6.07, 6.45) is 0.195. The van der Waals surface area contributed by atoms with E-state index in [9.17, 15) is 14.0 Å². The van der Waals surface area contributed by atoms with Crippen LogP contribution in [0.5, 0.6) is 0 Å². The van der Waals surface area contributed by atoms with Crippen molar-refractivity contribution in [2.24, 2.45) is 0 Å². The summed E-state index contributed by atoms with van der Waals surface area (Å²) in [5.41, 5.74) is 1.42. The first kappa shape index (κ1) is 18.6. The summed E-state index contributed by atoms with van der Waals surface area (Å²) in [4.78, 5) is 26.2. The zero-order valence-corrected chi connectivity index (χ0v) is 14.7. The van der Waals surface area contributed by atoms with Gasteiger partial charge in [-0.15, -0.1) is 0 Å². The summed E-state index contributed by atoms with van der Waals surface area (Å²) >= 11 is 0. The van der Waals surface area contributed by atoms with Crippen molar-refractivity contribution in [2.45, 2.75) is 32.4 Å². The largest absolute Gasteiger partial charge is 0.349 e. The average molecular weight is 342 g/mol. The summed E-state index contributed by atoms with van der Waals surface area (Å²) in [5.74, 6) is -0.588. The predicted octanol–water partition coefficient (Wildman–Crippen LogP) is 3.55. The van der Waals surface area contributed by atoms with Crippen LogP contribution in [-0.2, 0) is 4.79 Å². The molecule has 2 unspecified atom stereocenters. The van der Waals surface area contributed by atoms with Gasteiger partial charge in [-0.1, -0.05) is 30.3 Å². The van der Waals surface area contributed by atoms with Gasteiger partial charge >= 0.3 is 0 Å². The third-order valence-corrected chi connectivity index (χ3v) is 4.22. The van der Waals surface area contributed by atoms with E-state index in [1.807, 2.05) is 13.0 Å². The molecule has 2 aromatic carbocycles. The van der Waals surface area contributed by atoms with Gasteiger partial charge in [0.1, 0.15) is 5.82 Å². The standard InChI is InChI=1S/C20H23FN2O2/c1-14(22-20(25)17-7-5-4-6-8-17)13-19(24)23(3)15(2)16-9-11-18(21)12-10-16/h4-12,14-15H,13H2,1-3H3,(H,22,25). The third-order valence-electron chi connectivity index (χ3n) is 4.22. The molecule has 2 atom stereocenters.